The Kier molecular flexibility index (Phi) is 4.87. The number of aromatic nitrogens is 1. The second-order valence-corrected chi connectivity index (χ2v) is 8.00. The molecule has 1 atom stereocenters. The van der Waals surface area contributed by atoms with Crippen LogP contribution in [0.1, 0.15) is 47.9 Å². The zero-order valence-electron chi connectivity index (χ0n) is 16.7. The van der Waals surface area contributed by atoms with Gasteiger partial charge in [0.15, 0.2) is 0 Å². The Balaban J connectivity index is 1.35. The number of likely N-dealkylation sites (tertiary alicyclic amines) is 1. The highest BCUT2D eigenvalue weighted by Crippen LogP contribution is 2.44. The Bertz CT molecular complexity index is 1070. The molecule has 2 heterocycles. The van der Waals surface area contributed by atoms with E-state index in [1.807, 2.05) is 29.2 Å². The maximum absolute atomic E-state index is 13.1. The van der Waals surface area contributed by atoms with Crippen LogP contribution >= 0.6 is 0 Å². The number of amides is 1. The summed E-state index contributed by atoms with van der Waals surface area (Å²) < 4.78 is 5.87. The summed E-state index contributed by atoms with van der Waals surface area (Å²) in [6.07, 6.45) is 4.31. The van der Waals surface area contributed by atoms with Crippen LogP contribution in [0.15, 0.2) is 71.7 Å². The zero-order valence-corrected chi connectivity index (χ0v) is 16.7. The SMILES string of the molecule is O=C(OCC1c2ccccc2-c2ccccc21)N1CCCCC1c1ccc(=O)[nH]c1. The molecule has 2 aromatic carbocycles. The van der Waals surface area contributed by atoms with Crippen molar-refractivity contribution >= 4 is 6.09 Å². The normalized spacial score (nSPS) is 18.0. The molecular formula is C25H24N2O3. The highest BCUT2D eigenvalue weighted by molar-refractivity contribution is 5.79. The standard InChI is InChI=1S/C25H24N2O3/c28-24-13-12-17(15-26-24)23-11-5-6-14-27(23)25(29)30-16-22-20-9-3-1-7-18(20)19-8-2-4-10-21(19)22/h1-4,7-10,12-13,15,22-23H,5-6,11,14,16H2,(H,26,28). The van der Waals surface area contributed by atoms with Crippen LogP contribution in [0.5, 0.6) is 0 Å². The summed E-state index contributed by atoms with van der Waals surface area (Å²) in [5.74, 6) is 0.0534. The van der Waals surface area contributed by atoms with Crippen LogP contribution in [-0.2, 0) is 4.74 Å². The average molecular weight is 400 g/mol. The van der Waals surface area contributed by atoms with E-state index in [1.54, 1.807) is 12.3 Å². The maximum atomic E-state index is 13.1. The van der Waals surface area contributed by atoms with Crippen LogP contribution in [0.2, 0.25) is 0 Å². The lowest BCUT2D eigenvalue weighted by molar-refractivity contribution is 0.0709. The third-order valence-electron chi connectivity index (χ3n) is 6.27. The number of carbonyl (C=O) groups excluding carboxylic acids is 1. The first kappa shape index (κ1) is 18.7. The van der Waals surface area contributed by atoms with Gasteiger partial charge in [0.2, 0.25) is 5.56 Å². The molecule has 30 heavy (non-hydrogen) atoms. The van der Waals surface area contributed by atoms with Gasteiger partial charge in [-0.3, -0.25) is 4.79 Å². The fourth-order valence-electron chi connectivity index (χ4n) is 4.80. The predicted molar refractivity (Wildman–Crippen MR) is 115 cm³/mol. The van der Waals surface area contributed by atoms with Crippen molar-refractivity contribution in [3.8, 4) is 11.1 Å². The highest BCUT2D eigenvalue weighted by Gasteiger charge is 2.32. The minimum absolute atomic E-state index is 0.0534. The number of H-pyrrole nitrogens is 1. The summed E-state index contributed by atoms with van der Waals surface area (Å²) in [6.45, 7) is 0.988. The number of nitrogens with zero attached hydrogens (tertiary/aromatic N) is 1. The lowest BCUT2D eigenvalue weighted by Gasteiger charge is -2.35. The van der Waals surface area contributed by atoms with Gasteiger partial charge >= 0.3 is 6.09 Å². The molecule has 3 aromatic rings. The number of ether oxygens (including phenoxy) is 1. The van der Waals surface area contributed by atoms with E-state index >= 15 is 0 Å². The Labute approximate surface area is 175 Å². The van der Waals surface area contributed by atoms with Gasteiger partial charge < -0.3 is 14.6 Å². The van der Waals surface area contributed by atoms with Crippen LogP contribution in [0, 0.1) is 0 Å². The van der Waals surface area contributed by atoms with E-state index in [0.29, 0.717) is 13.2 Å². The third-order valence-corrected chi connectivity index (χ3v) is 6.27. The highest BCUT2D eigenvalue weighted by atomic mass is 16.6. The number of pyridine rings is 1. The molecule has 1 saturated heterocycles. The fraction of sp³-hybridized carbons (Fsp3) is 0.280. The average Bonchev–Trinajstić information content (AvgIpc) is 3.12. The topological polar surface area (TPSA) is 62.4 Å². The van der Waals surface area contributed by atoms with E-state index in [2.05, 4.69) is 29.2 Å². The lowest BCUT2D eigenvalue weighted by atomic mass is 9.97. The van der Waals surface area contributed by atoms with Crippen molar-refractivity contribution in [2.45, 2.75) is 31.2 Å². The van der Waals surface area contributed by atoms with E-state index in [0.717, 1.165) is 24.8 Å². The second kappa shape index (κ2) is 7.82. The number of carbonyl (C=O) groups is 1. The lowest BCUT2D eigenvalue weighted by Crippen LogP contribution is -2.39. The number of hydrogen-bond acceptors (Lipinski definition) is 3. The van der Waals surface area contributed by atoms with Gasteiger partial charge in [-0.2, -0.15) is 0 Å². The first-order valence-corrected chi connectivity index (χ1v) is 10.5. The van der Waals surface area contributed by atoms with Crippen molar-refractivity contribution in [3.05, 3.63) is 93.9 Å². The zero-order chi connectivity index (χ0) is 20.5. The molecule has 0 spiro atoms. The molecule has 0 bridgehead atoms. The van der Waals surface area contributed by atoms with Gasteiger partial charge in [-0.1, -0.05) is 54.6 Å². The molecule has 152 valence electrons. The first-order valence-electron chi connectivity index (χ1n) is 10.5. The predicted octanol–water partition coefficient (Wildman–Crippen LogP) is 4.85. The summed E-state index contributed by atoms with van der Waals surface area (Å²) >= 11 is 0. The molecule has 1 amide bonds. The molecule has 1 aliphatic carbocycles. The maximum Gasteiger partial charge on any atom is 0.410 e. The van der Waals surface area contributed by atoms with Crippen molar-refractivity contribution < 1.29 is 9.53 Å². The summed E-state index contributed by atoms with van der Waals surface area (Å²) in [7, 11) is 0. The number of piperidine rings is 1. The van der Waals surface area contributed by atoms with Gasteiger partial charge in [-0.15, -0.1) is 0 Å². The van der Waals surface area contributed by atoms with Crippen molar-refractivity contribution in [3.63, 3.8) is 0 Å². The number of hydrogen-bond donors (Lipinski definition) is 1. The fourth-order valence-corrected chi connectivity index (χ4v) is 4.80. The first-order chi connectivity index (χ1) is 14.7. The van der Waals surface area contributed by atoms with Crippen LogP contribution < -0.4 is 5.56 Å². The Morgan fingerprint density at radius 3 is 2.33 bits per heavy atom. The summed E-state index contributed by atoms with van der Waals surface area (Å²) in [4.78, 5) is 29.0. The number of benzene rings is 2. The quantitative estimate of drug-likeness (QED) is 0.684. The summed E-state index contributed by atoms with van der Waals surface area (Å²) in [5.41, 5.74) is 5.67. The number of nitrogens with one attached hydrogen (secondary N) is 1. The van der Waals surface area contributed by atoms with E-state index < -0.39 is 0 Å². The Morgan fingerprint density at radius 2 is 1.67 bits per heavy atom. The van der Waals surface area contributed by atoms with Gasteiger partial charge in [-0.25, -0.2) is 4.79 Å². The monoisotopic (exact) mass is 400 g/mol. The number of rotatable bonds is 3. The molecule has 1 unspecified atom stereocenters. The largest absolute Gasteiger partial charge is 0.448 e. The molecule has 1 aliphatic heterocycles. The molecule has 1 fully saturated rings. The van der Waals surface area contributed by atoms with Crippen LogP contribution in [0.3, 0.4) is 0 Å². The van der Waals surface area contributed by atoms with Crippen LogP contribution in [0.25, 0.3) is 11.1 Å². The number of aromatic amines is 1. The number of fused-ring (bicyclic) bond motifs is 3. The van der Waals surface area contributed by atoms with E-state index in [1.165, 1.54) is 28.3 Å². The van der Waals surface area contributed by atoms with Crippen LogP contribution in [0.4, 0.5) is 4.79 Å². The smallest absolute Gasteiger partial charge is 0.410 e. The van der Waals surface area contributed by atoms with Gasteiger partial charge in [0.25, 0.3) is 0 Å². The molecule has 5 nitrogen and oxygen atoms in total. The van der Waals surface area contributed by atoms with Gasteiger partial charge in [-0.05, 0) is 47.1 Å². The Hall–Kier alpha value is -3.34. The second-order valence-electron chi connectivity index (χ2n) is 8.00. The van der Waals surface area contributed by atoms with Gasteiger partial charge in [0.1, 0.15) is 6.61 Å². The molecule has 1 aromatic heterocycles. The van der Waals surface area contributed by atoms with Gasteiger partial charge in [0.05, 0.1) is 6.04 Å². The van der Waals surface area contributed by atoms with Crippen LogP contribution in [-0.4, -0.2) is 29.1 Å². The van der Waals surface area contributed by atoms with Crippen molar-refractivity contribution in [1.82, 2.24) is 9.88 Å². The molecule has 2 aliphatic rings. The van der Waals surface area contributed by atoms with E-state index in [9.17, 15) is 9.59 Å². The van der Waals surface area contributed by atoms with Crippen molar-refractivity contribution in [1.29, 1.82) is 0 Å². The van der Waals surface area contributed by atoms with Gasteiger partial charge in [0, 0.05) is 24.7 Å². The molecule has 5 heteroatoms. The summed E-state index contributed by atoms with van der Waals surface area (Å²) in [5, 5.41) is 0. The molecule has 0 saturated carbocycles. The van der Waals surface area contributed by atoms with Crippen molar-refractivity contribution in [2.75, 3.05) is 13.2 Å². The minimum atomic E-state index is -0.284. The molecule has 5 rings (SSSR count). The van der Waals surface area contributed by atoms with Crippen molar-refractivity contribution in [2.24, 2.45) is 0 Å². The Morgan fingerprint density at radius 1 is 0.967 bits per heavy atom. The summed E-state index contributed by atoms with van der Waals surface area (Å²) in [6, 6.07) is 19.9. The molecule has 0 radical (unpaired) electrons. The minimum Gasteiger partial charge on any atom is -0.448 e. The third kappa shape index (κ3) is 3.30. The van der Waals surface area contributed by atoms with E-state index in [4.69, 9.17) is 4.74 Å². The molecular weight excluding hydrogens is 376 g/mol. The van der Waals surface area contributed by atoms with E-state index in [-0.39, 0.29) is 23.6 Å². The molecule has 1 N–H and O–H groups in total.